The normalized spacial score (nSPS) is 15.1. The fourth-order valence-corrected chi connectivity index (χ4v) is 3.82. The summed E-state index contributed by atoms with van der Waals surface area (Å²) in [5.41, 5.74) is 0.881. The molecule has 2 heterocycles. The number of nitrogens with zero attached hydrogens (tertiary/aromatic N) is 2. The van der Waals surface area contributed by atoms with Crippen LogP contribution in [0.2, 0.25) is 0 Å². The summed E-state index contributed by atoms with van der Waals surface area (Å²) in [5, 5.41) is 3.53. The number of hydrogen-bond donors (Lipinski definition) is 1. The van der Waals surface area contributed by atoms with Crippen LogP contribution < -0.4 is 10.1 Å². The number of amides is 2. The van der Waals surface area contributed by atoms with Gasteiger partial charge in [0, 0.05) is 48.5 Å². The molecule has 1 aliphatic rings. The lowest BCUT2D eigenvalue weighted by atomic mass is 10.1. The van der Waals surface area contributed by atoms with Crippen LogP contribution in [0.25, 0.3) is 0 Å². The predicted octanol–water partition coefficient (Wildman–Crippen LogP) is 4.66. The average Bonchev–Trinajstić information content (AvgIpc) is 2.64. The molecule has 0 atom stereocenters. The Labute approximate surface area is 159 Å². The highest BCUT2D eigenvalue weighted by molar-refractivity contribution is 8.00. The molecule has 3 rings (SSSR count). The monoisotopic (exact) mass is 371 g/mol. The lowest BCUT2D eigenvalue weighted by Crippen LogP contribution is -2.43. The van der Waals surface area contributed by atoms with E-state index in [9.17, 15) is 4.79 Å². The summed E-state index contributed by atoms with van der Waals surface area (Å²) in [5.74, 6) is 0.836. The maximum absolute atomic E-state index is 12.6. The van der Waals surface area contributed by atoms with Crippen LogP contribution in [0.3, 0.4) is 0 Å². The van der Waals surface area contributed by atoms with E-state index in [0.29, 0.717) is 18.3 Å². The largest absolute Gasteiger partial charge is 0.490 e. The van der Waals surface area contributed by atoms with Gasteiger partial charge in [-0.05, 0) is 24.3 Å². The Morgan fingerprint density at radius 3 is 2.58 bits per heavy atom. The van der Waals surface area contributed by atoms with Gasteiger partial charge in [-0.3, -0.25) is 4.98 Å². The van der Waals surface area contributed by atoms with Gasteiger partial charge in [0.05, 0.1) is 5.69 Å². The van der Waals surface area contributed by atoms with Crippen LogP contribution in [0.4, 0.5) is 10.5 Å². The number of nitrogens with one attached hydrogen (secondary N) is 1. The summed E-state index contributed by atoms with van der Waals surface area (Å²) in [4.78, 5) is 19.6. The molecule has 0 spiro atoms. The first kappa shape index (κ1) is 18.6. The van der Waals surface area contributed by atoms with Crippen molar-refractivity contribution in [2.45, 2.75) is 42.9 Å². The second-order valence-corrected chi connectivity index (χ2v) is 8.20. The van der Waals surface area contributed by atoms with Crippen molar-refractivity contribution >= 4 is 23.5 Å². The fraction of sp³-hybridized carbons (Fsp3) is 0.400. The molecule has 0 aliphatic carbocycles. The van der Waals surface area contributed by atoms with Crippen molar-refractivity contribution in [2.24, 2.45) is 0 Å². The molecule has 1 aliphatic heterocycles. The summed E-state index contributed by atoms with van der Waals surface area (Å²) in [6.07, 6.45) is 5.26. The van der Waals surface area contributed by atoms with Crippen molar-refractivity contribution < 1.29 is 9.53 Å². The van der Waals surface area contributed by atoms with Gasteiger partial charge in [0.2, 0.25) is 0 Å². The molecular formula is C20H25N3O2S. The Morgan fingerprint density at radius 1 is 1.19 bits per heavy atom. The Hall–Kier alpha value is -2.21. The molecule has 5 nitrogen and oxygen atoms in total. The van der Waals surface area contributed by atoms with E-state index in [1.165, 1.54) is 0 Å². The van der Waals surface area contributed by atoms with Crippen LogP contribution in [-0.4, -0.2) is 40.4 Å². The summed E-state index contributed by atoms with van der Waals surface area (Å²) >= 11 is 1.76. The van der Waals surface area contributed by atoms with E-state index in [0.717, 1.165) is 29.2 Å². The third kappa shape index (κ3) is 5.14. The summed E-state index contributed by atoms with van der Waals surface area (Å²) in [6, 6.07) is 11.7. The number of thioether (sulfide) groups is 1. The minimum absolute atomic E-state index is 0.0378. The molecule has 0 unspecified atom stereocenters. The van der Waals surface area contributed by atoms with Gasteiger partial charge in [-0.1, -0.05) is 26.0 Å². The zero-order valence-corrected chi connectivity index (χ0v) is 16.0. The molecule has 2 amide bonds. The topological polar surface area (TPSA) is 54.5 Å². The van der Waals surface area contributed by atoms with E-state index < -0.39 is 0 Å². The zero-order chi connectivity index (χ0) is 18.4. The van der Waals surface area contributed by atoms with Gasteiger partial charge in [-0.25, -0.2) is 4.79 Å². The van der Waals surface area contributed by atoms with E-state index in [4.69, 9.17) is 4.74 Å². The van der Waals surface area contributed by atoms with Gasteiger partial charge in [0.25, 0.3) is 0 Å². The fourth-order valence-electron chi connectivity index (χ4n) is 2.91. The summed E-state index contributed by atoms with van der Waals surface area (Å²) < 4.78 is 5.96. The van der Waals surface area contributed by atoms with Crippen molar-refractivity contribution in [1.82, 2.24) is 9.88 Å². The number of benzene rings is 1. The summed E-state index contributed by atoms with van der Waals surface area (Å²) in [6.45, 7) is 5.69. The summed E-state index contributed by atoms with van der Waals surface area (Å²) in [7, 11) is 0. The van der Waals surface area contributed by atoms with Crippen molar-refractivity contribution in [3.8, 4) is 5.75 Å². The highest BCUT2D eigenvalue weighted by Crippen LogP contribution is 2.30. The number of anilines is 1. The molecule has 1 aromatic heterocycles. The molecule has 1 saturated heterocycles. The van der Waals surface area contributed by atoms with Gasteiger partial charge in [0.1, 0.15) is 11.9 Å². The van der Waals surface area contributed by atoms with Crippen LogP contribution >= 0.6 is 11.8 Å². The molecule has 1 aromatic carbocycles. The number of pyridine rings is 1. The van der Waals surface area contributed by atoms with Crippen LogP contribution in [0.1, 0.15) is 26.7 Å². The van der Waals surface area contributed by atoms with Crippen LogP contribution in [-0.2, 0) is 0 Å². The van der Waals surface area contributed by atoms with Crippen molar-refractivity contribution in [1.29, 1.82) is 0 Å². The Balaban J connectivity index is 1.53. The third-order valence-corrected chi connectivity index (χ3v) is 5.25. The first-order chi connectivity index (χ1) is 12.6. The Kier molecular flexibility index (Phi) is 6.39. The number of likely N-dealkylation sites (tertiary alicyclic amines) is 1. The zero-order valence-electron chi connectivity index (χ0n) is 15.2. The second kappa shape index (κ2) is 8.94. The number of aromatic nitrogens is 1. The number of urea groups is 1. The van der Waals surface area contributed by atoms with Crippen molar-refractivity contribution in [3.05, 3.63) is 48.8 Å². The van der Waals surface area contributed by atoms with Crippen molar-refractivity contribution in [2.75, 3.05) is 18.4 Å². The number of rotatable bonds is 5. The van der Waals surface area contributed by atoms with Gasteiger partial charge < -0.3 is 15.0 Å². The first-order valence-electron chi connectivity index (χ1n) is 9.00. The number of hydrogen-bond acceptors (Lipinski definition) is 4. The van der Waals surface area contributed by atoms with E-state index >= 15 is 0 Å². The van der Waals surface area contributed by atoms with Gasteiger partial charge in [-0.2, -0.15) is 0 Å². The van der Waals surface area contributed by atoms with Gasteiger partial charge >= 0.3 is 6.03 Å². The molecular weight excluding hydrogens is 346 g/mol. The number of piperidine rings is 1. The number of carbonyl (C=O) groups excluding carboxylic acids is 1. The molecule has 2 aromatic rings. The van der Waals surface area contributed by atoms with E-state index in [-0.39, 0.29) is 12.1 Å². The molecule has 0 radical (unpaired) electrons. The van der Waals surface area contributed by atoms with E-state index in [1.54, 1.807) is 24.2 Å². The minimum atomic E-state index is -0.0378. The highest BCUT2D eigenvalue weighted by atomic mass is 32.2. The van der Waals surface area contributed by atoms with Crippen LogP contribution in [0.5, 0.6) is 5.75 Å². The van der Waals surface area contributed by atoms with Crippen LogP contribution in [0.15, 0.2) is 53.7 Å². The molecule has 26 heavy (non-hydrogen) atoms. The smallest absolute Gasteiger partial charge is 0.321 e. The van der Waals surface area contributed by atoms with Gasteiger partial charge in [-0.15, -0.1) is 11.8 Å². The van der Waals surface area contributed by atoms with Crippen LogP contribution in [0, 0.1) is 0 Å². The molecule has 1 N–H and O–H groups in total. The van der Waals surface area contributed by atoms with Gasteiger partial charge in [0.15, 0.2) is 0 Å². The standard InChI is InChI=1S/C20H25N3O2S/c1-15(2)26-19-6-4-3-5-18(19)22-20(24)23-13-9-17(10-14-23)25-16-7-11-21-12-8-16/h3-8,11-12,15,17H,9-10,13-14H2,1-2H3,(H,22,24). The lowest BCUT2D eigenvalue weighted by Gasteiger charge is -2.32. The number of ether oxygens (including phenoxy) is 1. The predicted molar refractivity (Wildman–Crippen MR) is 106 cm³/mol. The highest BCUT2D eigenvalue weighted by Gasteiger charge is 2.24. The molecule has 0 saturated carbocycles. The lowest BCUT2D eigenvalue weighted by molar-refractivity contribution is 0.115. The number of para-hydroxylation sites is 1. The minimum Gasteiger partial charge on any atom is -0.490 e. The molecule has 6 heteroatoms. The first-order valence-corrected chi connectivity index (χ1v) is 9.88. The van der Waals surface area contributed by atoms with Crippen molar-refractivity contribution in [3.63, 3.8) is 0 Å². The Morgan fingerprint density at radius 2 is 1.88 bits per heavy atom. The Bertz CT molecular complexity index is 716. The SMILES string of the molecule is CC(C)Sc1ccccc1NC(=O)N1CCC(Oc2ccncc2)CC1. The maximum Gasteiger partial charge on any atom is 0.321 e. The quantitative estimate of drug-likeness (QED) is 0.777. The maximum atomic E-state index is 12.6. The second-order valence-electron chi connectivity index (χ2n) is 6.58. The number of carbonyl (C=O) groups is 1. The third-order valence-electron chi connectivity index (χ3n) is 4.17. The van der Waals surface area contributed by atoms with E-state index in [1.807, 2.05) is 35.2 Å². The molecule has 138 valence electrons. The average molecular weight is 372 g/mol. The molecule has 1 fully saturated rings. The molecule has 0 bridgehead atoms. The van der Waals surface area contributed by atoms with E-state index in [2.05, 4.69) is 30.2 Å².